The lowest BCUT2D eigenvalue weighted by atomic mass is 10.0. The molecule has 2 N–H and O–H groups in total. The van der Waals surface area contributed by atoms with Crippen LogP contribution in [0, 0.1) is 5.92 Å². The van der Waals surface area contributed by atoms with Crippen molar-refractivity contribution in [2.45, 2.75) is 70.7 Å². The summed E-state index contributed by atoms with van der Waals surface area (Å²) in [6.45, 7) is 5.74. The van der Waals surface area contributed by atoms with Gasteiger partial charge in [0.15, 0.2) is 0 Å². The Morgan fingerprint density at radius 2 is 2.03 bits per heavy atom. The highest BCUT2D eigenvalue weighted by Crippen LogP contribution is 2.32. The maximum absolute atomic E-state index is 12.8. The Balaban J connectivity index is 1.43. The van der Waals surface area contributed by atoms with Gasteiger partial charge in [0, 0.05) is 24.6 Å². The maximum Gasteiger partial charge on any atom is 0.255 e. The second kappa shape index (κ2) is 8.14. The number of amides is 3. The molecular formula is C22H29N3O4. The van der Waals surface area contributed by atoms with Crippen LogP contribution in [-0.2, 0) is 16.1 Å². The van der Waals surface area contributed by atoms with Crippen LogP contribution in [0.1, 0.15) is 61.9 Å². The third-order valence-corrected chi connectivity index (χ3v) is 6.02. The Hall–Kier alpha value is -2.41. The number of benzene rings is 1. The van der Waals surface area contributed by atoms with Gasteiger partial charge in [-0.2, -0.15) is 0 Å². The fourth-order valence-electron chi connectivity index (χ4n) is 4.49. The number of piperidine rings is 1. The van der Waals surface area contributed by atoms with Crippen molar-refractivity contribution in [2.75, 3.05) is 6.54 Å². The number of hydrogen-bond donors (Lipinski definition) is 2. The molecule has 2 fully saturated rings. The number of carbonyl (C=O) groups excluding carboxylic acids is 3. The average molecular weight is 399 g/mol. The molecule has 0 bridgehead atoms. The van der Waals surface area contributed by atoms with Gasteiger partial charge in [0.2, 0.25) is 11.8 Å². The smallest absolute Gasteiger partial charge is 0.255 e. The van der Waals surface area contributed by atoms with E-state index < -0.39 is 6.04 Å². The van der Waals surface area contributed by atoms with Crippen LogP contribution in [0.2, 0.25) is 0 Å². The van der Waals surface area contributed by atoms with Crippen molar-refractivity contribution in [3.8, 4) is 5.75 Å². The molecule has 0 radical (unpaired) electrons. The van der Waals surface area contributed by atoms with Gasteiger partial charge in [0.05, 0.1) is 0 Å². The molecule has 1 aromatic rings. The van der Waals surface area contributed by atoms with Crippen LogP contribution in [0.15, 0.2) is 18.2 Å². The first-order chi connectivity index (χ1) is 13.9. The minimum atomic E-state index is -0.587. The van der Waals surface area contributed by atoms with Gasteiger partial charge in [0.1, 0.15) is 17.9 Å². The summed E-state index contributed by atoms with van der Waals surface area (Å²) in [4.78, 5) is 37.9. The third kappa shape index (κ3) is 4.15. The lowest BCUT2D eigenvalue weighted by Gasteiger charge is -2.29. The fraction of sp³-hybridized carbons (Fsp3) is 0.591. The van der Waals surface area contributed by atoms with Gasteiger partial charge in [-0.05, 0) is 61.9 Å². The van der Waals surface area contributed by atoms with Crippen LogP contribution in [0.4, 0.5) is 0 Å². The van der Waals surface area contributed by atoms with Crippen molar-refractivity contribution < 1.29 is 19.1 Å². The highest BCUT2D eigenvalue weighted by atomic mass is 16.5. The Morgan fingerprint density at radius 3 is 2.79 bits per heavy atom. The molecule has 4 rings (SSSR count). The number of hydrogen-bond acceptors (Lipinski definition) is 5. The van der Waals surface area contributed by atoms with Crippen molar-refractivity contribution >= 4 is 17.7 Å². The molecule has 2 heterocycles. The van der Waals surface area contributed by atoms with Gasteiger partial charge < -0.3 is 15.0 Å². The summed E-state index contributed by atoms with van der Waals surface area (Å²) in [5, 5.41) is 5.94. The minimum Gasteiger partial charge on any atom is -0.489 e. The molecule has 1 unspecified atom stereocenters. The SMILES string of the molecule is CC(C)CN[C@H]1CCC[C@@H]1Oc1ccc2c(c1)CN(C1CCC(=O)NC1=O)C2=O. The van der Waals surface area contributed by atoms with Crippen LogP contribution >= 0.6 is 0 Å². The minimum absolute atomic E-state index is 0.134. The molecule has 0 spiro atoms. The van der Waals surface area contributed by atoms with E-state index in [1.165, 1.54) is 0 Å². The second-order valence-electron chi connectivity index (χ2n) is 8.71. The van der Waals surface area contributed by atoms with E-state index in [4.69, 9.17) is 4.74 Å². The number of nitrogens with one attached hydrogen (secondary N) is 2. The largest absolute Gasteiger partial charge is 0.489 e. The highest BCUT2D eigenvalue weighted by Gasteiger charge is 2.39. The zero-order valence-electron chi connectivity index (χ0n) is 17.1. The van der Waals surface area contributed by atoms with Gasteiger partial charge in [-0.15, -0.1) is 0 Å². The Bertz CT molecular complexity index is 822. The van der Waals surface area contributed by atoms with Crippen LogP contribution in [-0.4, -0.2) is 47.4 Å². The Morgan fingerprint density at radius 1 is 1.21 bits per heavy atom. The van der Waals surface area contributed by atoms with Crippen molar-refractivity contribution in [3.05, 3.63) is 29.3 Å². The van der Waals surface area contributed by atoms with E-state index in [0.717, 1.165) is 37.1 Å². The zero-order chi connectivity index (χ0) is 20.5. The number of ether oxygens (including phenoxy) is 1. The van der Waals surface area contributed by atoms with Gasteiger partial charge in [-0.25, -0.2) is 0 Å². The van der Waals surface area contributed by atoms with E-state index in [2.05, 4.69) is 24.5 Å². The molecule has 7 heteroatoms. The van der Waals surface area contributed by atoms with Crippen molar-refractivity contribution in [1.82, 2.24) is 15.5 Å². The first-order valence-electron chi connectivity index (χ1n) is 10.6. The monoisotopic (exact) mass is 399 g/mol. The standard InChI is InChI=1S/C22H29N3O4/c1-13(2)11-23-17-4-3-5-19(17)29-15-6-7-16-14(10-15)12-25(22(16)28)18-8-9-20(26)24-21(18)27/h6-7,10,13,17-19,23H,3-5,8-9,11-12H2,1-2H3,(H,24,26,27)/t17-,18?,19-/m0/s1. The predicted octanol–water partition coefficient (Wildman–Crippen LogP) is 1.99. The average Bonchev–Trinajstić information content (AvgIpc) is 3.24. The van der Waals surface area contributed by atoms with Gasteiger partial charge in [-0.3, -0.25) is 19.7 Å². The van der Waals surface area contributed by atoms with Crippen LogP contribution in [0.25, 0.3) is 0 Å². The molecule has 1 aliphatic carbocycles. The maximum atomic E-state index is 12.8. The number of carbonyl (C=O) groups is 3. The normalized spacial score (nSPS) is 26.8. The van der Waals surface area contributed by atoms with E-state index in [9.17, 15) is 14.4 Å². The Labute approximate surface area is 171 Å². The van der Waals surface area contributed by atoms with Gasteiger partial charge in [-0.1, -0.05) is 13.8 Å². The summed E-state index contributed by atoms with van der Waals surface area (Å²) < 4.78 is 6.28. The number of imide groups is 1. The molecule has 1 saturated carbocycles. The number of fused-ring (bicyclic) bond motifs is 1. The summed E-state index contributed by atoms with van der Waals surface area (Å²) in [6.07, 6.45) is 4.05. The highest BCUT2D eigenvalue weighted by molar-refractivity contribution is 6.05. The Kier molecular flexibility index (Phi) is 5.58. The van der Waals surface area contributed by atoms with Crippen molar-refractivity contribution in [2.24, 2.45) is 5.92 Å². The quantitative estimate of drug-likeness (QED) is 0.715. The molecule has 3 atom stereocenters. The summed E-state index contributed by atoms with van der Waals surface area (Å²) in [6, 6.07) is 5.34. The molecular weight excluding hydrogens is 370 g/mol. The molecule has 2 aliphatic heterocycles. The van der Waals surface area contributed by atoms with Crippen molar-refractivity contribution in [3.63, 3.8) is 0 Å². The number of nitrogens with zero attached hydrogens (tertiary/aromatic N) is 1. The van der Waals surface area contributed by atoms with Crippen LogP contribution in [0.5, 0.6) is 5.75 Å². The number of rotatable bonds is 6. The lowest BCUT2D eigenvalue weighted by molar-refractivity contribution is -0.136. The van der Waals surface area contributed by atoms with Crippen molar-refractivity contribution in [1.29, 1.82) is 0 Å². The summed E-state index contributed by atoms with van der Waals surface area (Å²) in [5.41, 5.74) is 1.49. The van der Waals surface area contributed by atoms with Gasteiger partial charge >= 0.3 is 0 Å². The molecule has 3 aliphatic rings. The topological polar surface area (TPSA) is 87.7 Å². The summed E-state index contributed by atoms with van der Waals surface area (Å²) in [5.74, 6) is 0.552. The molecule has 29 heavy (non-hydrogen) atoms. The third-order valence-electron chi connectivity index (χ3n) is 6.02. The van der Waals surface area contributed by atoms with E-state index in [-0.39, 0.29) is 30.2 Å². The molecule has 156 valence electrons. The van der Waals surface area contributed by atoms with E-state index in [1.807, 2.05) is 12.1 Å². The summed E-state index contributed by atoms with van der Waals surface area (Å²) >= 11 is 0. The van der Waals surface area contributed by atoms with E-state index >= 15 is 0 Å². The first-order valence-corrected chi connectivity index (χ1v) is 10.6. The van der Waals surface area contributed by atoms with E-state index in [1.54, 1.807) is 11.0 Å². The predicted molar refractivity (Wildman–Crippen MR) is 107 cm³/mol. The molecule has 1 aromatic carbocycles. The van der Waals surface area contributed by atoms with E-state index in [0.29, 0.717) is 30.5 Å². The first kappa shape index (κ1) is 19.9. The van der Waals surface area contributed by atoms with Crippen LogP contribution < -0.4 is 15.4 Å². The van der Waals surface area contributed by atoms with Gasteiger partial charge in [0.25, 0.3) is 5.91 Å². The zero-order valence-corrected chi connectivity index (χ0v) is 17.1. The fourth-order valence-corrected chi connectivity index (χ4v) is 4.49. The lowest BCUT2D eigenvalue weighted by Crippen LogP contribution is -2.52. The molecule has 1 saturated heterocycles. The molecule has 3 amide bonds. The molecule has 7 nitrogen and oxygen atoms in total. The second-order valence-corrected chi connectivity index (χ2v) is 8.71. The summed E-state index contributed by atoms with van der Waals surface area (Å²) in [7, 11) is 0. The van der Waals surface area contributed by atoms with Crippen LogP contribution in [0.3, 0.4) is 0 Å². The molecule has 0 aromatic heterocycles.